The summed E-state index contributed by atoms with van der Waals surface area (Å²) < 4.78 is 13.3. The summed E-state index contributed by atoms with van der Waals surface area (Å²) in [6.45, 7) is 4.20. The molecule has 1 rings (SSSR count). The topological polar surface area (TPSA) is 58.2 Å². The molecule has 0 bridgehead atoms. The molecule has 0 aliphatic heterocycles. The van der Waals surface area contributed by atoms with Crippen LogP contribution in [0.15, 0.2) is 18.2 Å². The van der Waals surface area contributed by atoms with Gasteiger partial charge >= 0.3 is 0 Å². The predicted molar refractivity (Wildman–Crippen MR) is 80.1 cm³/mol. The number of rotatable bonds is 8. The molecule has 0 spiro atoms. The Morgan fingerprint density at radius 2 is 1.90 bits per heavy atom. The van der Waals surface area contributed by atoms with Crippen molar-refractivity contribution in [3.8, 4) is 0 Å². The number of amides is 2. The molecule has 2 N–H and O–H groups in total. The molecule has 0 fully saturated rings. The van der Waals surface area contributed by atoms with Gasteiger partial charge in [-0.1, -0.05) is 18.6 Å². The van der Waals surface area contributed by atoms with Crippen molar-refractivity contribution < 1.29 is 14.0 Å². The van der Waals surface area contributed by atoms with Gasteiger partial charge in [-0.05, 0) is 37.0 Å². The summed E-state index contributed by atoms with van der Waals surface area (Å²) in [5, 5.41) is 5.49. The van der Waals surface area contributed by atoms with Gasteiger partial charge in [0.1, 0.15) is 5.82 Å². The lowest BCUT2D eigenvalue weighted by Crippen LogP contribution is -2.23. The first-order valence-electron chi connectivity index (χ1n) is 7.25. The van der Waals surface area contributed by atoms with Crippen molar-refractivity contribution in [3.63, 3.8) is 0 Å². The Balaban J connectivity index is 2.13. The zero-order valence-corrected chi connectivity index (χ0v) is 12.7. The number of aryl methyl sites for hydroxylation is 1. The van der Waals surface area contributed by atoms with Gasteiger partial charge in [-0.3, -0.25) is 9.59 Å². The summed E-state index contributed by atoms with van der Waals surface area (Å²) in [4.78, 5) is 22.3. The monoisotopic (exact) mass is 294 g/mol. The van der Waals surface area contributed by atoms with Crippen molar-refractivity contribution in [3.05, 3.63) is 35.1 Å². The summed E-state index contributed by atoms with van der Waals surface area (Å²) in [5.74, 6) is -0.312. The van der Waals surface area contributed by atoms with E-state index in [0.29, 0.717) is 25.1 Å². The van der Waals surface area contributed by atoms with Crippen LogP contribution in [-0.2, 0) is 16.1 Å². The highest BCUT2D eigenvalue weighted by atomic mass is 19.1. The SMILES string of the molecule is CC(=O)NCCCCCC(=O)NCc1ccc(C)c(F)c1. The Morgan fingerprint density at radius 3 is 2.57 bits per heavy atom. The van der Waals surface area contributed by atoms with Crippen LogP contribution in [0.3, 0.4) is 0 Å². The number of halogens is 1. The van der Waals surface area contributed by atoms with E-state index in [-0.39, 0.29) is 17.6 Å². The minimum absolute atomic E-state index is 0.0296. The molecule has 1 aromatic carbocycles. The average Bonchev–Trinajstić information content (AvgIpc) is 2.43. The van der Waals surface area contributed by atoms with Gasteiger partial charge in [-0.25, -0.2) is 4.39 Å². The van der Waals surface area contributed by atoms with Crippen LogP contribution < -0.4 is 10.6 Å². The molecule has 0 saturated heterocycles. The molecule has 2 amide bonds. The second-order valence-corrected chi connectivity index (χ2v) is 5.15. The molecule has 0 heterocycles. The van der Waals surface area contributed by atoms with E-state index >= 15 is 0 Å². The van der Waals surface area contributed by atoms with E-state index in [4.69, 9.17) is 0 Å². The molecule has 0 unspecified atom stereocenters. The first-order chi connectivity index (χ1) is 9.99. The number of unbranched alkanes of at least 4 members (excludes halogenated alkanes) is 2. The van der Waals surface area contributed by atoms with Gasteiger partial charge in [0.2, 0.25) is 11.8 Å². The second-order valence-electron chi connectivity index (χ2n) is 5.15. The molecular weight excluding hydrogens is 271 g/mol. The van der Waals surface area contributed by atoms with Crippen LogP contribution in [0.1, 0.15) is 43.7 Å². The first-order valence-corrected chi connectivity index (χ1v) is 7.25. The molecule has 21 heavy (non-hydrogen) atoms. The molecule has 0 saturated carbocycles. The van der Waals surface area contributed by atoms with Crippen LogP contribution in [0.2, 0.25) is 0 Å². The molecule has 0 aliphatic carbocycles. The summed E-state index contributed by atoms with van der Waals surface area (Å²) in [7, 11) is 0. The summed E-state index contributed by atoms with van der Waals surface area (Å²) >= 11 is 0. The average molecular weight is 294 g/mol. The second kappa shape index (κ2) is 9.10. The van der Waals surface area contributed by atoms with E-state index in [0.717, 1.165) is 24.8 Å². The van der Waals surface area contributed by atoms with Gasteiger partial charge < -0.3 is 10.6 Å². The van der Waals surface area contributed by atoms with Crippen LogP contribution in [0.25, 0.3) is 0 Å². The Morgan fingerprint density at radius 1 is 1.14 bits per heavy atom. The molecule has 1 aromatic rings. The van der Waals surface area contributed by atoms with Crippen molar-refractivity contribution in [2.45, 2.75) is 46.1 Å². The van der Waals surface area contributed by atoms with Gasteiger partial charge in [0.05, 0.1) is 0 Å². The van der Waals surface area contributed by atoms with Crippen molar-refractivity contribution in [1.82, 2.24) is 10.6 Å². The van der Waals surface area contributed by atoms with Crippen LogP contribution in [0.5, 0.6) is 0 Å². The van der Waals surface area contributed by atoms with Crippen molar-refractivity contribution in [2.24, 2.45) is 0 Å². The fourth-order valence-corrected chi connectivity index (χ4v) is 1.89. The largest absolute Gasteiger partial charge is 0.356 e. The van der Waals surface area contributed by atoms with Gasteiger partial charge in [-0.15, -0.1) is 0 Å². The van der Waals surface area contributed by atoms with E-state index in [1.807, 2.05) is 6.07 Å². The van der Waals surface area contributed by atoms with E-state index < -0.39 is 0 Å². The quantitative estimate of drug-likeness (QED) is 0.724. The van der Waals surface area contributed by atoms with Crippen LogP contribution in [-0.4, -0.2) is 18.4 Å². The molecular formula is C16H23FN2O2. The molecule has 4 nitrogen and oxygen atoms in total. The van der Waals surface area contributed by atoms with Gasteiger partial charge in [0.25, 0.3) is 0 Å². The number of hydrogen-bond donors (Lipinski definition) is 2. The number of hydrogen-bond acceptors (Lipinski definition) is 2. The third-order valence-electron chi connectivity index (χ3n) is 3.18. The summed E-state index contributed by atoms with van der Waals surface area (Å²) in [6, 6.07) is 4.97. The Kier molecular flexibility index (Phi) is 7.43. The predicted octanol–water partition coefficient (Wildman–Crippen LogP) is 2.45. The van der Waals surface area contributed by atoms with Crippen molar-refractivity contribution >= 4 is 11.8 Å². The number of carbonyl (C=O) groups is 2. The first kappa shape index (κ1) is 17.1. The van der Waals surface area contributed by atoms with Gasteiger partial charge in [0.15, 0.2) is 0 Å². The smallest absolute Gasteiger partial charge is 0.220 e. The van der Waals surface area contributed by atoms with Gasteiger partial charge in [-0.2, -0.15) is 0 Å². The lowest BCUT2D eigenvalue weighted by molar-refractivity contribution is -0.121. The Labute approximate surface area is 125 Å². The zero-order valence-electron chi connectivity index (χ0n) is 12.7. The normalized spacial score (nSPS) is 10.2. The number of nitrogens with one attached hydrogen (secondary N) is 2. The standard InChI is InChI=1S/C16H23FN2O2/c1-12-7-8-14(10-15(12)17)11-19-16(21)6-4-3-5-9-18-13(2)20/h7-8,10H,3-6,9,11H2,1-2H3,(H,18,20)(H,19,21). The van der Waals surface area contributed by atoms with Crippen molar-refractivity contribution in [1.29, 1.82) is 0 Å². The maximum Gasteiger partial charge on any atom is 0.220 e. The molecule has 0 aromatic heterocycles. The van der Waals surface area contributed by atoms with Crippen LogP contribution in [0, 0.1) is 12.7 Å². The van der Waals surface area contributed by atoms with E-state index in [1.54, 1.807) is 13.0 Å². The maximum absolute atomic E-state index is 13.3. The van der Waals surface area contributed by atoms with Gasteiger partial charge in [0, 0.05) is 26.4 Å². The molecule has 0 atom stereocenters. The van der Waals surface area contributed by atoms with Crippen molar-refractivity contribution in [2.75, 3.05) is 6.54 Å². The fourth-order valence-electron chi connectivity index (χ4n) is 1.89. The minimum atomic E-state index is -0.250. The zero-order chi connectivity index (χ0) is 15.7. The lowest BCUT2D eigenvalue weighted by Gasteiger charge is -2.07. The van der Waals surface area contributed by atoms with E-state index in [9.17, 15) is 14.0 Å². The van der Waals surface area contributed by atoms with Crippen LogP contribution >= 0.6 is 0 Å². The fraction of sp³-hybridized carbons (Fsp3) is 0.500. The summed E-state index contributed by atoms with van der Waals surface area (Å²) in [6.07, 6.45) is 3.00. The minimum Gasteiger partial charge on any atom is -0.356 e. The molecule has 0 aliphatic rings. The third kappa shape index (κ3) is 7.44. The lowest BCUT2D eigenvalue weighted by atomic mass is 10.1. The van der Waals surface area contributed by atoms with E-state index in [2.05, 4.69) is 10.6 Å². The maximum atomic E-state index is 13.3. The molecule has 116 valence electrons. The molecule has 5 heteroatoms. The Hall–Kier alpha value is -1.91. The number of benzene rings is 1. The number of carbonyl (C=O) groups excluding carboxylic acids is 2. The summed E-state index contributed by atoms with van der Waals surface area (Å²) in [5.41, 5.74) is 1.36. The highest BCUT2D eigenvalue weighted by Gasteiger charge is 2.03. The third-order valence-corrected chi connectivity index (χ3v) is 3.18. The highest BCUT2D eigenvalue weighted by molar-refractivity contribution is 5.75. The van der Waals surface area contributed by atoms with Crippen LogP contribution in [0.4, 0.5) is 4.39 Å². The molecule has 0 radical (unpaired) electrons. The highest BCUT2D eigenvalue weighted by Crippen LogP contribution is 2.09. The Bertz CT molecular complexity index is 489. The van der Waals surface area contributed by atoms with E-state index in [1.165, 1.54) is 13.0 Å².